The summed E-state index contributed by atoms with van der Waals surface area (Å²) in [7, 11) is 0. The number of alkyl halides is 3. The van der Waals surface area contributed by atoms with Crippen LogP contribution in [0.5, 0.6) is 0 Å². The predicted molar refractivity (Wildman–Crippen MR) is 124 cm³/mol. The van der Waals surface area contributed by atoms with Crippen LogP contribution in [0.3, 0.4) is 0 Å². The number of carbonyl (C=O) groups excluding carboxylic acids is 2. The number of carbonyl (C=O) groups is 2. The Bertz CT molecular complexity index is 1440. The molecule has 0 unspecified atom stereocenters. The number of hydrogen-bond acceptors (Lipinski definition) is 8. The van der Waals surface area contributed by atoms with Gasteiger partial charge in [0, 0.05) is 24.7 Å². The number of aromatic nitrogens is 6. The van der Waals surface area contributed by atoms with E-state index in [0.29, 0.717) is 22.7 Å². The van der Waals surface area contributed by atoms with Gasteiger partial charge in [-0.05, 0) is 19.9 Å². The highest BCUT2D eigenvalue weighted by Gasteiger charge is 2.34. The molecule has 2 amide bonds. The highest BCUT2D eigenvalue weighted by Crippen LogP contribution is 2.35. The number of pyridine rings is 1. The number of amides is 2. The summed E-state index contributed by atoms with van der Waals surface area (Å²) in [6.07, 6.45) is 1.93. The molecule has 0 fully saturated rings. The number of anilines is 1. The number of imidazole rings is 1. The van der Waals surface area contributed by atoms with Crippen molar-refractivity contribution in [3.05, 3.63) is 75.2 Å². The van der Waals surface area contributed by atoms with Gasteiger partial charge in [0.1, 0.15) is 39.4 Å². The van der Waals surface area contributed by atoms with E-state index >= 15 is 0 Å². The zero-order chi connectivity index (χ0) is 26.0. The molecule has 0 aliphatic heterocycles. The molecule has 15 heteroatoms. The molecule has 4 aromatic rings. The van der Waals surface area contributed by atoms with E-state index < -0.39 is 34.6 Å². The largest absolute Gasteiger partial charge is 0.418 e. The van der Waals surface area contributed by atoms with Crippen molar-refractivity contribution in [2.75, 3.05) is 5.32 Å². The zero-order valence-corrected chi connectivity index (χ0v) is 20.1. The lowest BCUT2D eigenvalue weighted by Gasteiger charge is -2.11. The van der Waals surface area contributed by atoms with E-state index in [1.165, 1.54) is 18.6 Å². The number of nitrogens with zero attached hydrogens (tertiary/aromatic N) is 6. The van der Waals surface area contributed by atoms with E-state index in [9.17, 15) is 22.8 Å². The Hall–Kier alpha value is -3.91. The molecule has 0 saturated carbocycles. The van der Waals surface area contributed by atoms with Crippen LogP contribution in [0.25, 0.3) is 5.82 Å². The molecular formula is C21H16ClF3N8O2S. The fourth-order valence-electron chi connectivity index (χ4n) is 3.05. The summed E-state index contributed by atoms with van der Waals surface area (Å²) in [4.78, 5) is 45.5. The van der Waals surface area contributed by atoms with Crippen molar-refractivity contribution in [1.82, 2.24) is 34.8 Å². The molecule has 0 aliphatic carbocycles. The van der Waals surface area contributed by atoms with Gasteiger partial charge in [-0.25, -0.2) is 24.9 Å². The fraction of sp³-hybridized carbons (Fsp3) is 0.190. The van der Waals surface area contributed by atoms with Crippen molar-refractivity contribution in [2.24, 2.45) is 0 Å². The number of aryl methyl sites for hydroxylation is 1. The summed E-state index contributed by atoms with van der Waals surface area (Å²) in [5, 5.41) is 4.85. The minimum absolute atomic E-state index is 0.108. The smallest absolute Gasteiger partial charge is 0.342 e. The van der Waals surface area contributed by atoms with Crippen molar-refractivity contribution in [3.8, 4) is 5.82 Å². The van der Waals surface area contributed by atoms with Gasteiger partial charge in [-0.2, -0.15) is 13.2 Å². The second-order valence-electron chi connectivity index (χ2n) is 7.37. The van der Waals surface area contributed by atoms with Gasteiger partial charge in [0.05, 0.1) is 22.8 Å². The lowest BCUT2D eigenvalue weighted by Crippen LogP contribution is -2.27. The first kappa shape index (κ1) is 25.2. The van der Waals surface area contributed by atoms with Gasteiger partial charge in [0.25, 0.3) is 11.8 Å². The molecule has 0 spiro atoms. The molecule has 4 heterocycles. The van der Waals surface area contributed by atoms with Crippen LogP contribution in [0.15, 0.2) is 43.2 Å². The molecular weight excluding hydrogens is 521 g/mol. The van der Waals surface area contributed by atoms with E-state index in [1.807, 2.05) is 0 Å². The Labute approximate surface area is 210 Å². The molecule has 0 saturated heterocycles. The summed E-state index contributed by atoms with van der Waals surface area (Å²) >= 11 is 6.51. The number of rotatable bonds is 6. The SMILES string of the molecule is Cc1nccn1-c1cc(C(=O)N[C@H](C)c2ncc(C(=O)Nc3cc(C(F)(F)F)c(Cl)cn3)s2)ncn1. The van der Waals surface area contributed by atoms with Crippen LogP contribution in [-0.2, 0) is 6.18 Å². The second kappa shape index (κ2) is 9.99. The maximum absolute atomic E-state index is 13.0. The fourth-order valence-corrected chi connectivity index (χ4v) is 4.08. The first-order valence-electron chi connectivity index (χ1n) is 10.2. The number of nitrogens with one attached hydrogen (secondary N) is 2. The van der Waals surface area contributed by atoms with Crippen LogP contribution < -0.4 is 10.6 Å². The lowest BCUT2D eigenvalue weighted by molar-refractivity contribution is -0.137. The van der Waals surface area contributed by atoms with Gasteiger partial charge in [-0.3, -0.25) is 14.2 Å². The predicted octanol–water partition coefficient (Wildman–Crippen LogP) is 4.24. The van der Waals surface area contributed by atoms with Gasteiger partial charge in [0.15, 0.2) is 0 Å². The Balaban J connectivity index is 1.43. The molecule has 4 rings (SSSR count). The highest BCUT2D eigenvalue weighted by molar-refractivity contribution is 7.13. The molecule has 186 valence electrons. The van der Waals surface area contributed by atoms with Crippen LogP contribution in [0.1, 0.15) is 49.5 Å². The quantitative estimate of drug-likeness (QED) is 0.377. The first-order chi connectivity index (χ1) is 17.0. The lowest BCUT2D eigenvalue weighted by atomic mass is 10.2. The van der Waals surface area contributed by atoms with Crippen LogP contribution in [0.2, 0.25) is 5.02 Å². The molecule has 2 N–H and O–H groups in total. The van der Waals surface area contributed by atoms with E-state index in [-0.39, 0.29) is 16.4 Å². The van der Waals surface area contributed by atoms with Gasteiger partial charge < -0.3 is 10.6 Å². The summed E-state index contributed by atoms with van der Waals surface area (Å²) < 4.78 is 40.8. The summed E-state index contributed by atoms with van der Waals surface area (Å²) in [6.45, 7) is 3.45. The van der Waals surface area contributed by atoms with Crippen LogP contribution in [0, 0.1) is 6.92 Å². The third-order valence-electron chi connectivity index (χ3n) is 4.83. The minimum Gasteiger partial charge on any atom is -0.342 e. The van der Waals surface area contributed by atoms with Crippen molar-refractivity contribution < 1.29 is 22.8 Å². The Kier molecular flexibility index (Phi) is 6.99. The van der Waals surface area contributed by atoms with E-state index in [1.54, 1.807) is 30.8 Å². The first-order valence-corrected chi connectivity index (χ1v) is 11.4. The van der Waals surface area contributed by atoms with E-state index in [2.05, 4.69) is 35.6 Å². The Morgan fingerprint density at radius 1 is 1.08 bits per heavy atom. The average Bonchev–Trinajstić information content (AvgIpc) is 3.49. The van der Waals surface area contributed by atoms with E-state index in [0.717, 1.165) is 17.5 Å². The zero-order valence-electron chi connectivity index (χ0n) is 18.5. The van der Waals surface area contributed by atoms with Crippen LogP contribution >= 0.6 is 22.9 Å². The summed E-state index contributed by atoms with van der Waals surface area (Å²) in [5.74, 6) is -0.367. The van der Waals surface area contributed by atoms with Gasteiger partial charge in [-0.15, -0.1) is 11.3 Å². The average molecular weight is 537 g/mol. The molecule has 10 nitrogen and oxygen atoms in total. The molecule has 36 heavy (non-hydrogen) atoms. The summed E-state index contributed by atoms with van der Waals surface area (Å²) in [6, 6.07) is 1.56. The topological polar surface area (TPSA) is 128 Å². The molecule has 4 aromatic heterocycles. The molecule has 0 bridgehead atoms. The maximum Gasteiger partial charge on any atom is 0.418 e. The van der Waals surface area contributed by atoms with E-state index in [4.69, 9.17) is 11.6 Å². The van der Waals surface area contributed by atoms with Crippen molar-refractivity contribution in [3.63, 3.8) is 0 Å². The number of hydrogen-bond donors (Lipinski definition) is 2. The van der Waals surface area contributed by atoms with Gasteiger partial charge in [-0.1, -0.05) is 11.6 Å². The highest BCUT2D eigenvalue weighted by atomic mass is 35.5. The maximum atomic E-state index is 13.0. The molecule has 1 atom stereocenters. The normalized spacial score (nSPS) is 12.3. The third kappa shape index (κ3) is 5.49. The summed E-state index contributed by atoms with van der Waals surface area (Å²) in [5.41, 5.74) is -1.00. The monoisotopic (exact) mass is 536 g/mol. The Morgan fingerprint density at radius 3 is 2.56 bits per heavy atom. The molecule has 0 aromatic carbocycles. The third-order valence-corrected chi connectivity index (χ3v) is 6.31. The Morgan fingerprint density at radius 2 is 1.86 bits per heavy atom. The van der Waals surface area contributed by atoms with Gasteiger partial charge >= 0.3 is 6.18 Å². The van der Waals surface area contributed by atoms with Crippen molar-refractivity contribution in [1.29, 1.82) is 0 Å². The minimum atomic E-state index is -4.70. The molecule has 0 radical (unpaired) electrons. The number of halogens is 4. The second-order valence-corrected chi connectivity index (χ2v) is 8.83. The van der Waals surface area contributed by atoms with Crippen LogP contribution in [0.4, 0.5) is 19.0 Å². The van der Waals surface area contributed by atoms with Crippen LogP contribution in [-0.4, -0.2) is 41.3 Å². The van der Waals surface area contributed by atoms with Crippen molar-refractivity contribution >= 4 is 40.6 Å². The molecule has 0 aliphatic rings. The standard InChI is InChI=1S/C21H16ClF3N8O2S/c1-10(31-18(34)14-6-17(30-9-29-14)33-4-3-26-11(33)2)20-28-8-15(36-20)19(35)32-16-5-12(21(23,24)25)13(22)7-27-16/h3-10H,1-2H3,(H,31,34)(H,27,32,35)/t10-/m1/s1. The van der Waals surface area contributed by atoms with Gasteiger partial charge in [0.2, 0.25) is 0 Å². The number of thiazole rings is 1. The van der Waals surface area contributed by atoms with Crippen molar-refractivity contribution in [2.45, 2.75) is 26.1 Å².